The number of furan rings is 1. The lowest BCUT2D eigenvalue weighted by molar-refractivity contribution is -0.126. The largest absolute Gasteiger partial charge is 0.467 e. The molecule has 1 saturated heterocycles. The molecule has 0 aliphatic carbocycles. The van der Waals surface area contributed by atoms with Gasteiger partial charge in [0.25, 0.3) is 0 Å². The van der Waals surface area contributed by atoms with Crippen LogP contribution >= 0.6 is 11.8 Å². The quantitative estimate of drug-likeness (QED) is 0.565. The first kappa shape index (κ1) is 19.4. The summed E-state index contributed by atoms with van der Waals surface area (Å²) < 4.78 is 5.22. The molecule has 3 amide bonds. The number of urea groups is 1. The van der Waals surface area contributed by atoms with Crippen LogP contribution < -0.4 is 10.6 Å². The van der Waals surface area contributed by atoms with Crippen molar-refractivity contribution < 1.29 is 14.0 Å². The second-order valence-electron chi connectivity index (χ2n) is 6.45. The molecular weight excluding hydrogens is 362 g/mol. The van der Waals surface area contributed by atoms with Crippen LogP contribution in [0.4, 0.5) is 4.79 Å². The smallest absolute Gasteiger partial charge is 0.317 e. The third-order valence-corrected chi connectivity index (χ3v) is 5.57. The number of rotatable bonds is 7. The number of carbonyl (C=O) groups excluding carboxylic acids is 2. The van der Waals surface area contributed by atoms with Crippen molar-refractivity contribution in [2.45, 2.75) is 24.3 Å². The second kappa shape index (κ2) is 10.1. The van der Waals surface area contributed by atoms with Crippen LogP contribution in [0, 0.1) is 5.92 Å². The van der Waals surface area contributed by atoms with Crippen molar-refractivity contribution in [1.82, 2.24) is 15.5 Å². The first-order valence-electron chi connectivity index (χ1n) is 9.23. The molecule has 2 heterocycles. The lowest BCUT2D eigenvalue weighted by atomic mass is 9.96. The minimum absolute atomic E-state index is 0.0331. The number of amides is 3. The van der Waals surface area contributed by atoms with Gasteiger partial charge in [-0.2, -0.15) is 0 Å². The predicted octanol–water partition coefficient (Wildman–Crippen LogP) is 3.11. The van der Waals surface area contributed by atoms with E-state index in [1.165, 1.54) is 4.90 Å². The molecule has 7 heteroatoms. The minimum Gasteiger partial charge on any atom is -0.467 e. The molecule has 0 unspecified atom stereocenters. The maximum absolute atomic E-state index is 12.3. The molecule has 3 rings (SSSR count). The highest BCUT2D eigenvalue weighted by atomic mass is 32.2. The fraction of sp³-hybridized carbons (Fsp3) is 0.400. The highest BCUT2D eigenvalue weighted by molar-refractivity contribution is 7.99. The summed E-state index contributed by atoms with van der Waals surface area (Å²) in [4.78, 5) is 27.5. The van der Waals surface area contributed by atoms with Crippen molar-refractivity contribution >= 4 is 23.7 Å². The Kier molecular flexibility index (Phi) is 7.21. The van der Waals surface area contributed by atoms with Crippen LogP contribution in [-0.2, 0) is 11.3 Å². The number of carbonyl (C=O) groups is 2. The third kappa shape index (κ3) is 6.06. The zero-order valence-electron chi connectivity index (χ0n) is 15.2. The topological polar surface area (TPSA) is 74.6 Å². The van der Waals surface area contributed by atoms with Crippen LogP contribution in [0.2, 0.25) is 0 Å². The minimum atomic E-state index is -0.0438. The van der Waals surface area contributed by atoms with E-state index < -0.39 is 0 Å². The summed E-state index contributed by atoms with van der Waals surface area (Å²) in [7, 11) is 0. The number of piperidine rings is 1. The highest BCUT2D eigenvalue weighted by Crippen LogP contribution is 2.18. The van der Waals surface area contributed by atoms with Crippen molar-refractivity contribution in [3.05, 3.63) is 54.5 Å². The fourth-order valence-electron chi connectivity index (χ4n) is 3.03. The van der Waals surface area contributed by atoms with E-state index in [9.17, 15) is 9.59 Å². The average Bonchev–Trinajstić information content (AvgIpc) is 3.24. The van der Waals surface area contributed by atoms with Gasteiger partial charge in [-0.05, 0) is 37.1 Å². The monoisotopic (exact) mass is 387 g/mol. The van der Waals surface area contributed by atoms with Crippen LogP contribution in [0.15, 0.2) is 58.0 Å². The standard InChI is InChI=1S/C20H25N3O3S/c24-19(22-15-17-5-4-13-26-17)16-8-11-23(12-9-16)20(25)21-10-14-27-18-6-2-1-3-7-18/h1-7,13,16H,8-12,14-15H2,(H,21,25)(H,22,24). The van der Waals surface area contributed by atoms with Gasteiger partial charge in [0.2, 0.25) is 5.91 Å². The molecule has 0 atom stereocenters. The first-order chi connectivity index (χ1) is 13.2. The molecule has 27 heavy (non-hydrogen) atoms. The summed E-state index contributed by atoms with van der Waals surface area (Å²) in [6.45, 7) is 2.25. The van der Waals surface area contributed by atoms with Gasteiger partial charge in [-0.15, -0.1) is 11.8 Å². The Morgan fingerprint density at radius 1 is 1.07 bits per heavy atom. The van der Waals surface area contributed by atoms with Gasteiger partial charge >= 0.3 is 6.03 Å². The number of nitrogens with one attached hydrogen (secondary N) is 2. The van der Waals surface area contributed by atoms with E-state index in [4.69, 9.17) is 4.42 Å². The molecule has 1 fully saturated rings. The van der Waals surface area contributed by atoms with Gasteiger partial charge < -0.3 is 20.0 Å². The van der Waals surface area contributed by atoms with E-state index in [0.717, 1.165) is 11.5 Å². The van der Waals surface area contributed by atoms with Crippen LogP contribution in [0.25, 0.3) is 0 Å². The number of hydrogen-bond donors (Lipinski definition) is 2. The van der Waals surface area contributed by atoms with Crippen LogP contribution in [-0.4, -0.2) is 42.2 Å². The van der Waals surface area contributed by atoms with E-state index >= 15 is 0 Å². The fourth-order valence-corrected chi connectivity index (χ4v) is 3.82. The van der Waals surface area contributed by atoms with Gasteiger partial charge in [-0.3, -0.25) is 4.79 Å². The zero-order chi connectivity index (χ0) is 18.9. The maximum atomic E-state index is 12.3. The van der Waals surface area contributed by atoms with Gasteiger partial charge in [0.05, 0.1) is 12.8 Å². The molecule has 2 N–H and O–H groups in total. The van der Waals surface area contributed by atoms with E-state index in [1.807, 2.05) is 24.3 Å². The second-order valence-corrected chi connectivity index (χ2v) is 7.62. The van der Waals surface area contributed by atoms with Crippen LogP contribution in [0.3, 0.4) is 0 Å². The van der Waals surface area contributed by atoms with Crippen LogP contribution in [0.1, 0.15) is 18.6 Å². The van der Waals surface area contributed by atoms with Crippen molar-refractivity contribution in [2.24, 2.45) is 5.92 Å². The molecule has 144 valence electrons. The Balaban J connectivity index is 1.31. The molecule has 1 aromatic carbocycles. The van der Waals surface area contributed by atoms with Gasteiger partial charge in [0.1, 0.15) is 5.76 Å². The molecule has 1 aliphatic rings. The molecule has 0 radical (unpaired) electrons. The Morgan fingerprint density at radius 2 is 1.85 bits per heavy atom. The average molecular weight is 388 g/mol. The summed E-state index contributed by atoms with van der Waals surface area (Å²) in [6.07, 6.45) is 2.98. The molecule has 6 nitrogen and oxygen atoms in total. The summed E-state index contributed by atoms with van der Waals surface area (Å²) in [6, 6.07) is 13.7. The van der Waals surface area contributed by atoms with Crippen molar-refractivity contribution in [3.8, 4) is 0 Å². The lowest BCUT2D eigenvalue weighted by Crippen LogP contribution is -2.47. The molecular formula is C20H25N3O3S. The number of benzene rings is 1. The summed E-state index contributed by atoms with van der Waals surface area (Å²) >= 11 is 1.72. The Hall–Kier alpha value is -2.41. The van der Waals surface area contributed by atoms with E-state index in [1.54, 1.807) is 29.0 Å². The number of hydrogen-bond acceptors (Lipinski definition) is 4. The van der Waals surface area contributed by atoms with Gasteiger partial charge in [0.15, 0.2) is 0 Å². The molecule has 0 saturated carbocycles. The summed E-state index contributed by atoms with van der Waals surface area (Å²) in [5.74, 6) is 1.57. The van der Waals surface area contributed by atoms with Gasteiger partial charge in [-0.25, -0.2) is 4.79 Å². The third-order valence-electron chi connectivity index (χ3n) is 4.56. The molecule has 0 spiro atoms. The zero-order valence-corrected chi connectivity index (χ0v) is 16.0. The predicted molar refractivity (Wildman–Crippen MR) is 105 cm³/mol. The lowest BCUT2D eigenvalue weighted by Gasteiger charge is -2.31. The highest BCUT2D eigenvalue weighted by Gasteiger charge is 2.27. The number of likely N-dealkylation sites (tertiary alicyclic amines) is 1. The van der Waals surface area contributed by atoms with E-state index in [0.29, 0.717) is 39.0 Å². The van der Waals surface area contributed by atoms with Crippen molar-refractivity contribution in [3.63, 3.8) is 0 Å². The summed E-state index contributed by atoms with van der Waals surface area (Å²) in [5, 5.41) is 5.87. The molecule has 1 aliphatic heterocycles. The van der Waals surface area contributed by atoms with Gasteiger partial charge in [-0.1, -0.05) is 18.2 Å². The van der Waals surface area contributed by atoms with Crippen molar-refractivity contribution in [1.29, 1.82) is 0 Å². The van der Waals surface area contributed by atoms with Crippen molar-refractivity contribution in [2.75, 3.05) is 25.4 Å². The molecule has 0 bridgehead atoms. The summed E-state index contributed by atoms with van der Waals surface area (Å²) in [5.41, 5.74) is 0. The Labute approximate surface area is 163 Å². The molecule has 1 aromatic heterocycles. The molecule has 2 aromatic rings. The van der Waals surface area contributed by atoms with Crippen LogP contribution in [0.5, 0.6) is 0 Å². The Morgan fingerprint density at radius 3 is 2.56 bits per heavy atom. The SMILES string of the molecule is O=C(NCc1ccco1)C1CCN(C(=O)NCCSc2ccccc2)CC1. The number of nitrogens with zero attached hydrogens (tertiary/aromatic N) is 1. The van der Waals surface area contributed by atoms with Gasteiger partial charge in [0, 0.05) is 36.2 Å². The normalized spacial score (nSPS) is 14.7. The number of thioether (sulfide) groups is 1. The maximum Gasteiger partial charge on any atom is 0.317 e. The Bertz CT molecular complexity index is 713. The van der Waals surface area contributed by atoms with E-state index in [-0.39, 0.29) is 17.9 Å². The van der Waals surface area contributed by atoms with E-state index in [2.05, 4.69) is 22.8 Å². The first-order valence-corrected chi connectivity index (χ1v) is 10.2.